The summed E-state index contributed by atoms with van der Waals surface area (Å²) in [5, 5.41) is 0. The van der Waals surface area contributed by atoms with Gasteiger partial charge in [-0.25, -0.2) is 0 Å². The number of carbonyl (C=O) groups is 1. The summed E-state index contributed by atoms with van der Waals surface area (Å²) in [5.41, 5.74) is 2.48. The minimum Gasteiger partial charge on any atom is -0.383 e. The zero-order valence-electron chi connectivity index (χ0n) is 13.0. The third-order valence-corrected chi connectivity index (χ3v) is 3.96. The van der Waals surface area contributed by atoms with Gasteiger partial charge in [-0.2, -0.15) is 0 Å². The molecule has 116 valence electrons. The lowest BCUT2D eigenvalue weighted by atomic mass is 10.1. The van der Waals surface area contributed by atoms with Crippen LogP contribution in [0, 0.1) is 5.92 Å². The van der Waals surface area contributed by atoms with Gasteiger partial charge in [0.15, 0.2) is 0 Å². The van der Waals surface area contributed by atoms with E-state index < -0.39 is 0 Å². The van der Waals surface area contributed by atoms with E-state index in [0.29, 0.717) is 32.9 Å². The summed E-state index contributed by atoms with van der Waals surface area (Å²) < 4.78 is 10.5. The summed E-state index contributed by atoms with van der Waals surface area (Å²) in [6.45, 7) is 5.22. The molecule has 21 heavy (non-hydrogen) atoms. The Morgan fingerprint density at radius 3 is 2.62 bits per heavy atom. The van der Waals surface area contributed by atoms with Crippen LogP contribution in [0.3, 0.4) is 0 Å². The van der Waals surface area contributed by atoms with Gasteiger partial charge >= 0.3 is 0 Å². The first-order valence-corrected chi connectivity index (χ1v) is 7.68. The topological polar surface area (TPSA) is 38.8 Å². The number of rotatable bonds is 7. The summed E-state index contributed by atoms with van der Waals surface area (Å²) >= 11 is 0. The molecule has 0 saturated carbocycles. The Bertz CT molecular complexity index is 438. The van der Waals surface area contributed by atoms with E-state index >= 15 is 0 Å². The Kier molecular flexibility index (Phi) is 6.21. The first kappa shape index (κ1) is 16.0. The van der Waals surface area contributed by atoms with Crippen LogP contribution in [0.4, 0.5) is 0 Å². The van der Waals surface area contributed by atoms with Crippen molar-refractivity contribution in [3.8, 4) is 0 Å². The van der Waals surface area contributed by atoms with E-state index in [9.17, 15) is 4.79 Å². The molecular weight excluding hydrogens is 266 g/mol. The van der Waals surface area contributed by atoms with Crippen LogP contribution in [-0.4, -0.2) is 44.3 Å². The van der Waals surface area contributed by atoms with Crippen molar-refractivity contribution in [3.63, 3.8) is 0 Å². The third kappa shape index (κ3) is 4.55. The summed E-state index contributed by atoms with van der Waals surface area (Å²) in [7, 11) is 1.66. The monoisotopic (exact) mass is 291 g/mol. The number of hydrogen-bond acceptors (Lipinski definition) is 3. The molecule has 1 fully saturated rings. The number of amides is 1. The summed E-state index contributed by atoms with van der Waals surface area (Å²) in [5.74, 6) is 0.195. The predicted molar refractivity (Wildman–Crippen MR) is 82.0 cm³/mol. The normalized spacial score (nSPS) is 17.9. The fourth-order valence-corrected chi connectivity index (χ4v) is 2.56. The molecule has 1 atom stereocenters. The maximum absolute atomic E-state index is 12.6. The molecule has 0 aromatic heterocycles. The smallest absolute Gasteiger partial charge is 0.228 e. The van der Waals surface area contributed by atoms with E-state index in [1.54, 1.807) is 7.11 Å². The standard InChI is InChI=1S/C17H25NO3/c1-3-14-4-6-15(7-5-14)12-18(9-11-20-2)17(19)16-8-10-21-13-16/h4-7,16H,3,8-13H2,1-2H3. The van der Waals surface area contributed by atoms with Gasteiger partial charge in [-0.1, -0.05) is 31.2 Å². The zero-order valence-corrected chi connectivity index (χ0v) is 13.0. The van der Waals surface area contributed by atoms with Crippen LogP contribution >= 0.6 is 0 Å². The fraction of sp³-hybridized carbons (Fsp3) is 0.588. The van der Waals surface area contributed by atoms with Crippen molar-refractivity contribution in [1.82, 2.24) is 4.90 Å². The Morgan fingerprint density at radius 1 is 1.33 bits per heavy atom. The molecule has 1 unspecified atom stereocenters. The second kappa shape index (κ2) is 8.15. The minimum atomic E-state index is 0.0109. The Hall–Kier alpha value is -1.39. The number of aryl methyl sites for hydroxylation is 1. The lowest BCUT2D eigenvalue weighted by Crippen LogP contribution is -2.38. The van der Waals surface area contributed by atoms with E-state index in [2.05, 4.69) is 31.2 Å². The number of carbonyl (C=O) groups excluding carboxylic acids is 1. The second-order valence-electron chi connectivity index (χ2n) is 5.48. The van der Waals surface area contributed by atoms with E-state index in [1.165, 1.54) is 5.56 Å². The van der Waals surface area contributed by atoms with Gasteiger partial charge in [0.1, 0.15) is 0 Å². The third-order valence-electron chi connectivity index (χ3n) is 3.96. The van der Waals surface area contributed by atoms with Gasteiger partial charge < -0.3 is 14.4 Å². The largest absolute Gasteiger partial charge is 0.383 e. The van der Waals surface area contributed by atoms with Crippen LogP contribution in [0.2, 0.25) is 0 Å². The van der Waals surface area contributed by atoms with Gasteiger partial charge in [0.25, 0.3) is 0 Å². The Morgan fingerprint density at radius 2 is 2.05 bits per heavy atom. The van der Waals surface area contributed by atoms with Crippen LogP contribution in [0.25, 0.3) is 0 Å². The van der Waals surface area contributed by atoms with Crippen LogP contribution in [-0.2, 0) is 27.2 Å². The van der Waals surface area contributed by atoms with Gasteiger partial charge in [-0.15, -0.1) is 0 Å². The molecule has 0 spiro atoms. The van der Waals surface area contributed by atoms with Gasteiger partial charge in [0.2, 0.25) is 5.91 Å². The van der Waals surface area contributed by atoms with Crippen LogP contribution < -0.4 is 0 Å². The van der Waals surface area contributed by atoms with Crippen LogP contribution in [0.15, 0.2) is 24.3 Å². The Balaban J connectivity index is 2.01. The lowest BCUT2D eigenvalue weighted by molar-refractivity contribution is -0.136. The van der Waals surface area contributed by atoms with Gasteiger partial charge in [-0.3, -0.25) is 4.79 Å². The molecule has 0 aliphatic carbocycles. The first-order chi connectivity index (χ1) is 10.2. The van der Waals surface area contributed by atoms with Crippen molar-refractivity contribution in [1.29, 1.82) is 0 Å². The number of nitrogens with zero attached hydrogens (tertiary/aromatic N) is 1. The van der Waals surface area contributed by atoms with E-state index in [-0.39, 0.29) is 11.8 Å². The maximum atomic E-state index is 12.6. The molecule has 0 radical (unpaired) electrons. The number of methoxy groups -OCH3 is 1. The van der Waals surface area contributed by atoms with Gasteiger partial charge in [-0.05, 0) is 24.0 Å². The summed E-state index contributed by atoms with van der Waals surface area (Å²) in [4.78, 5) is 14.5. The average Bonchev–Trinajstić information content (AvgIpc) is 3.05. The molecule has 1 amide bonds. The molecular formula is C17H25NO3. The second-order valence-corrected chi connectivity index (χ2v) is 5.48. The van der Waals surface area contributed by atoms with Crippen molar-refractivity contribution in [2.24, 2.45) is 5.92 Å². The van der Waals surface area contributed by atoms with Crippen LogP contribution in [0.5, 0.6) is 0 Å². The van der Waals surface area contributed by atoms with Crippen molar-refractivity contribution in [3.05, 3.63) is 35.4 Å². The highest BCUT2D eigenvalue weighted by Gasteiger charge is 2.27. The molecule has 2 rings (SSSR count). The molecule has 0 bridgehead atoms. The first-order valence-electron chi connectivity index (χ1n) is 7.68. The van der Waals surface area contributed by atoms with E-state index in [1.807, 2.05) is 4.90 Å². The maximum Gasteiger partial charge on any atom is 0.228 e. The molecule has 1 aromatic carbocycles. The highest BCUT2D eigenvalue weighted by Crippen LogP contribution is 2.17. The molecule has 0 N–H and O–H groups in total. The number of hydrogen-bond donors (Lipinski definition) is 0. The van der Waals surface area contributed by atoms with E-state index in [4.69, 9.17) is 9.47 Å². The molecule has 1 aromatic rings. The van der Waals surface area contributed by atoms with E-state index in [0.717, 1.165) is 18.4 Å². The molecule has 1 saturated heterocycles. The molecule has 1 aliphatic heterocycles. The molecule has 1 aliphatic rings. The summed E-state index contributed by atoms with van der Waals surface area (Å²) in [6.07, 6.45) is 1.86. The van der Waals surface area contributed by atoms with Crippen molar-refractivity contribution < 1.29 is 14.3 Å². The Labute approximate surface area is 127 Å². The predicted octanol–water partition coefficient (Wildman–Crippen LogP) is 2.26. The van der Waals surface area contributed by atoms with Crippen molar-refractivity contribution in [2.75, 3.05) is 33.5 Å². The van der Waals surface area contributed by atoms with Crippen molar-refractivity contribution >= 4 is 5.91 Å². The SMILES string of the molecule is CCc1ccc(CN(CCOC)C(=O)C2CCOC2)cc1. The lowest BCUT2D eigenvalue weighted by Gasteiger charge is -2.25. The van der Waals surface area contributed by atoms with Crippen molar-refractivity contribution in [2.45, 2.75) is 26.3 Å². The van der Waals surface area contributed by atoms with Gasteiger partial charge in [0, 0.05) is 26.8 Å². The fourth-order valence-electron chi connectivity index (χ4n) is 2.56. The van der Waals surface area contributed by atoms with Gasteiger partial charge in [0.05, 0.1) is 19.1 Å². The summed E-state index contributed by atoms with van der Waals surface area (Å²) in [6, 6.07) is 8.48. The highest BCUT2D eigenvalue weighted by atomic mass is 16.5. The van der Waals surface area contributed by atoms with Crippen LogP contribution in [0.1, 0.15) is 24.5 Å². The highest BCUT2D eigenvalue weighted by molar-refractivity contribution is 5.79. The zero-order chi connectivity index (χ0) is 15.1. The number of benzene rings is 1. The quantitative estimate of drug-likeness (QED) is 0.773. The molecule has 4 nitrogen and oxygen atoms in total. The number of ether oxygens (including phenoxy) is 2. The average molecular weight is 291 g/mol. The molecule has 1 heterocycles. The minimum absolute atomic E-state index is 0.0109. The molecule has 4 heteroatoms.